The van der Waals surface area contributed by atoms with E-state index in [1.165, 1.54) is 0 Å². The number of carbonyl (C=O) groups excluding carboxylic acids is 1. The maximum Gasteiger partial charge on any atom is 0.137 e. The summed E-state index contributed by atoms with van der Waals surface area (Å²) >= 11 is 0. The summed E-state index contributed by atoms with van der Waals surface area (Å²) in [6.07, 6.45) is 0. The smallest absolute Gasteiger partial charge is 0.137 e. The second kappa shape index (κ2) is 5.07. The molecule has 0 saturated heterocycles. The van der Waals surface area contributed by atoms with E-state index in [1.54, 1.807) is 0 Å². The first-order valence-corrected chi connectivity index (χ1v) is 4.56. The van der Waals surface area contributed by atoms with E-state index in [9.17, 15) is 4.79 Å². The van der Waals surface area contributed by atoms with Crippen molar-refractivity contribution in [3.05, 3.63) is 41.5 Å². The van der Waals surface area contributed by atoms with Gasteiger partial charge in [0.2, 0.25) is 0 Å². The molecule has 0 aromatic heterocycles. The molecule has 0 bridgehead atoms. The van der Waals surface area contributed by atoms with Crippen molar-refractivity contribution in [3.63, 3.8) is 0 Å². The minimum Gasteiger partial charge on any atom is -0.232 e. The van der Waals surface area contributed by atoms with E-state index in [-0.39, 0.29) is 5.92 Å². The predicted octanol–water partition coefficient (Wildman–Crippen LogP) is 2.45. The Labute approximate surface area is 84.5 Å². The maximum atomic E-state index is 10.5. The van der Waals surface area contributed by atoms with Crippen LogP contribution in [0, 0.1) is 17.8 Å². The van der Waals surface area contributed by atoms with Gasteiger partial charge in [0, 0.05) is 5.56 Å². The molecule has 1 aromatic carbocycles. The fraction of sp³-hybridized carbons (Fsp3) is 0.231. The summed E-state index contributed by atoms with van der Waals surface area (Å²) in [6.45, 7) is 3.86. The van der Waals surface area contributed by atoms with Crippen molar-refractivity contribution >= 4 is 5.94 Å². The molecule has 14 heavy (non-hydrogen) atoms. The van der Waals surface area contributed by atoms with Crippen LogP contribution in [-0.2, 0) is 4.79 Å². The molecular weight excluding hydrogens is 172 g/mol. The minimum atomic E-state index is 0.142. The van der Waals surface area contributed by atoms with Gasteiger partial charge in [0.25, 0.3) is 0 Å². The van der Waals surface area contributed by atoms with Crippen molar-refractivity contribution in [2.24, 2.45) is 5.92 Å². The highest BCUT2D eigenvalue weighted by atomic mass is 16.1. The second-order valence-corrected chi connectivity index (χ2v) is 3.29. The molecule has 0 aliphatic heterocycles. The molecule has 1 nitrogen and oxygen atoms in total. The SMILES string of the molecule is CC(C)C(=C=O)C#Cc1ccccc1. The minimum absolute atomic E-state index is 0.142. The molecule has 0 aliphatic rings. The Morgan fingerprint density at radius 3 is 2.36 bits per heavy atom. The quantitative estimate of drug-likeness (QED) is 0.484. The molecule has 1 aromatic rings. The van der Waals surface area contributed by atoms with E-state index < -0.39 is 0 Å². The summed E-state index contributed by atoms with van der Waals surface area (Å²) in [7, 11) is 0. The van der Waals surface area contributed by atoms with E-state index >= 15 is 0 Å². The van der Waals surface area contributed by atoms with Crippen molar-refractivity contribution in [3.8, 4) is 11.8 Å². The van der Waals surface area contributed by atoms with E-state index in [4.69, 9.17) is 0 Å². The largest absolute Gasteiger partial charge is 0.232 e. The summed E-state index contributed by atoms with van der Waals surface area (Å²) in [6, 6.07) is 9.60. The lowest BCUT2D eigenvalue weighted by Crippen LogP contribution is -1.91. The molecule has 0 heterocycles. The maximum absolute atomic E-state index is 10.5. The number of benzene rings is 1. The lowest BCUT2D eigenvalue weighted by atomic mass is 10.1. The zero-order chi connectivity index (χ0) is 10.4. The Balaban J connectivity index is 2.88. The molecule has 0 aliphatic carbocycles. The van der Waals surface area contributed by atoms with Crippen LogP contribution >= 0.6 is 0 Å². The average molecular weight is 184 g/mol. The highest BCUT2D eigenvalue weighted by Crippen LogP contribution is 2.04. The Kier molecular flexibility index (Phi) is 3.73. The van der Waals surface area contributed by atoms with Gasteiger partial charge >= 0.3 is 0 Å². The van der Waals surface area contributed by atoms with Gasteiger partial charge in [-0.05, 0) is 18.1 Å². The van der Waals surface area contributed by atoms with Gasteiger partial charge in [-0.25, -0.2) is 4.79 Å². The van der Waals surface area contributed by atoms with Gasteiger partial charge < -0.3 is 0 Å². The Bertz CT molecular complexity index is 398. The molecule has 0 saturated carbocycles. The summed E-state index contributed by atoms with van der Waals surface area (Å²) in [5.41, 5.74) is 1.44. The third-order valence-corrected chi connectivity index (χ3v) is 1.80. The van der Waals surface area contributed by atoms with Crippen molar-refractivity contribution in [2.45, 2.75) is 13.8 Å². The molecule has 0 atom stereocenters. The zero-order valence-corrected chi connectivity index (χ0v) is 8.37. The van der Waals surface area contributed by atoms with Crippen LogP contribution < -0.4 is 0 Å². The van der Waals surface area contributed by atoms with Gasteiger partial charge in [-0.15, -0.1) is 0 Å². The molecule has 0 radical (unpaired) electrons. The molecule has 0 amide bonds. The van der Waals surface area contributed by atoms with Crippen LogP contribution in [0.25, 0.3) is 0 Å². The summed E-state index contributed by atoms with van der Waals surface area (Å²) in [4.78, 5) is 10.5. The highest BCUT2D eigenvalue weighted by molar-refractivity contribution is 5.62. The van der Waals surface area contributed by atoms with Gasteiger partial charge in [0.05, 0.1) is 5.57 Å². The summed E-state index contributed by atoms with van der Waals surface area (Å²) in [5.74, 6) is 7.76. The van der Waals surface area contributed by atoms with Gasteiger partial charge in [0.15, 0.2) is 0 Å². The lowest BCUT2D eigenvalue weighted by molar-refractivity contribution is 0.565. The Hall–Kier alpha value is -1.77. The van der Waals surface area contributed by atoms with Gasteiger partial charge in [-0.2, -0.15) is 0 Å². The van der Waals surface area contributed by atoms with Crippen LogP contribution in [0.3, 0.4) is 0 Å². The summed E-state index contributed by atoms with van der Waals surface area (Å²) in [5, 5.41) is 0. The van der Waals surface area contributed by atoms with E-state index in [0.29, 0.717) is 5.57 Å². The van der Waals surface area contributed by atoms with E-state index in [1.807, 2.05) is 50.1 Å². The van der Waals surface area contributed by atoms with Crippen molar-refractivity contribution in [1.82, 2.24) is 0 Å². The third-order valence-electron chi connectivity index (χ3n) is 1.80. The molecule has 0 fully saturated rings. The van der Waals surface area contributed by atoms with E-state index in [2.05, 4.69) is 11.8 Å². The number of rotatable bonds is 1. The van der Waals surface area contributed by atoms with Crippen molar-refractivity contribution in [2.75, 3.05) is 0 Å². The standard InChI is InChI=1S/C13H12O/c1-11(2)13(10-14)9-8-12-6-4-3-5-7-12/h3-7,11H,1-2H3. The van der Waals surface area contributed by atoms with Gasteiger partial charge in [-0.1, -0.05) is 43.9 Å². The first-order chi connectivity index (χ1) is 6.74. The highest BCUT2D eigenvalue weighted by Gasteiger charge is 1.98. The fourth-order valence-electron chi connectivity index (χ4n) is 0.949. The first kappa shape index (κ1) is 10.3. The predicted molar refractivity (Wildman–Crippen MR) is 57.4 cm³/mol. The third kappa shape index (κ3) is 2.94. The number of hydrogen-bond acceptors (Lipinski definition) is 1. The lowest BCUT2D eigenvalue weighted by Gasteiger charge is -1.95. The van der Waals surface area contributed by atoms with Crippen LogP contribution in [0.2, 0.25) is 0 Å². The van der Waals surface area contributed by atoms with Crippen LogP contribution in [-0.4, -0.2) is 5.94 Å². The van der Waals surface area contributed by atoms with Crippen LogP contribution in [0.4, 0.5) is 0 Å². The fourth-order valence-corrected chi connectivity index (χ4v) is 0.949. The first-order valence-electron chi connectivity index (χ1n) is 4.56. The number of hydrogen-bond donors (Lipinski definition) is 0. The Morgan fingerprint density at radius 1 is 1.21 bits per heavy atom. The molecule has 70 valence electrons. The average Bonchev–Trinajstić information content (AvgIpc) is 2.20. The molecule has 1 rings (SSSR count). The van der Waals surface area contributed by atoms with Gasteiger partial charge in [0.1, 0.15) is 5.94 Å². The zero-order valence-electron chi connectivity index (χ0n) is 8.37. The molecule has 0 N–H and O–H groups in total. The Morgan fingerprint density at radius 2 is 1.86 bits per heavy atom. The topological polar surface area (TPSA) is 17.1 Å². The van der Waals surface area contributed by atoms with E-state index in [0.717, 1.165) is 5.56 Å². The van der Waals surface area contributed by atoms with Crippen LogP contribution in [0.5, 0.6) is 0 Å². The molecule has 0 unspecified atom stereocenters. The van der Waals surface area contributed by atoms with Crippen LogP contribution in [0.1, 0.15) is 19.4 Å². The monoisotopic (exact) mass is 184 g/mol. The van der Waals surface area contributed by atoms with Crippen molar-refractivity contribution in [1.29, 1.82) is 0 Å². The normalized spacial score (nSPS) is 8.79. The molecular formula is C13H12O. The van der Waals surface area contributed by atoms with Gasteiger partial charge in [-0.3, -0.25) is 0 Å². The molecule has 0 spiro atoms. The van der Waals surface area contributed by atoms with Crippen molar-refractivity contribution < 1.29 is 4.79 Å². The summed E-state index contributed by atoms with van der Waals surface area (Å²) < 4.78 is 0. The second-order valence-electron chi connectivity index (χ2n) is 3.29. The number of allylic oxidation sites excluding steroid dienone is 1. The molecule has 1 heteroatoms. The van der Waals surface area contributed by atoms with Crippen LogP contribution in [0.15, 0.2) is 35.9 Å².